The number of methoxy groups -OCH3 is 1. The van der Waals surface area contributed by atoms with Crippen molar-refractivity contribution in [3.8, 4) is 0 Å². The molecule has 1 aliphatic carbocycles. The highest BCUT2D eigenvalue weighted by molar-refractivity contribution is 6.31. The lowest BCUT2D eigenvalue weighted by atomic mass is 9.61. The molecule has 3 aromatic rings. The number of hydrogen-bond donors (Lipinski definition) is 0. The normalized spacial score (nSPS) is 22.4. The number of ether oxygens (including phenoxy) is 1. The number of piperazine rings is 1. The second kappa shape index (κ2) is 10.5. The van der Waals surface area contributed by atoms with E-state index >= 15 is 0 Å². The summed E-state index contributed by atoms with van der Waals surface area (Å²) in [7, 11) is 1.38. The van der Waals surface area contributed by atoms with Crippen LogP contribution in [-0.4, -0.2) is 65.6 Å². The smallest absolute Gasteiger partial charge is 0.339 e. The van der Waals surface area contributed by atoms with Crippen LogP contribution in [0.5, 0.6) is 0 Å². The maximum atomic E-state index is 14.1. The van der Waals surface area contributed by atoms with Gasteiger partial charge in [0.25, 0.3) is 5.91 Å². The van der Waals surface area contributed by atoms with E-state index in [0.29, 0.717) is 42.5 Å². The predicted octanol–water partition coefficient (Wildman–Crippen LogP) is 6.40. The van der Waals surface area contributed by atoms with Gasteiger partial charge in [-0.1, -0.05) is 18.5 Å². The van der Waals surface area contributed by atoms with Crippen LogP contribution >= 0.6 is 11.6 Å². The molecule has 0 bridgehead atoms. The maximum absolute atomic E-state index is 14.1. The zero-order valence-electron chi connectivity index (χ0n) is 26.1. The molecule has 2 aromatic heterocycles. The number of aryl methyl sites for hydroxylation is 3. The van der Waals surface area contributed by atoms with Crippen LogP contribution in [0.1, 0.15) is 77.0 Å². The molecular formula is C34H40ClN5O3. The third-order valence-electron chi connectivity index (χ3n) is 9.52. The molecule has 0 radical (unpaired) electrons. The molecule has 0 unspecified atom stereocenters. The summed E-state index contributed by atoms with van der Waals surface area (Å²) in [6.45, 7) is 14.9. The quantitative estimate of drug-likeness (QED) is 0.320. The Labute approximate surface area is 259 Å². The monoisotopic (exact) mass is 601 g/mol. The number of anilines is 3. The molecule has 43 heavy (non-hydrogen) atoms. The Kier molecular flexibility index (Phi) is 7.19. The van der Waals surface area contributed by atoms with Gasteiger partial charge >= 0.3 is 5.97 Å². The van der Waals surface area contributed by atoms with E-state index in [1.54, 1.807) is 0 Å². The van der Waals surface area contributed by atoms with Gasteiger partial charge in [-0.25, -0.2) is 14.8 Å². The Balaban J connectivity index is 1.26. The van der Waals surface area contributed by atoms with Gasteiger partial charge in [0.2, 0.25) is 0 Å². The minimum absolute atomic E-state index is 0.0372. The van der Waals surface area contributed by atoms with Gasteiger partial charge in [0.1, 0.15) is 11.5 Å². The summed E-state index contributed by atoms with van der Waals surface area (Å²) in [5, 5.41) is 0.760. The Morgan fingerprint density at radius 1 is 0.977 bits per heavy atom. The molecule has 1 saturated heterocycles. The largest absolute Gasteiger partial charge is 0.465 e. The Hall–Kier alpha value is -3.65. The first-order chi connectivity index (χ1) is 20.3. The van der Waals surface area contributed by atoms with Crippen LogP contribution < -0.4 is 9.80 Å². The highest BCUT2D eigenvalue weighted by Gasteiger charge is 2.52. The van der Waals surface area contributed by atoms with Crippen molar-refractivity contribution in [1.82, 2.24) is 14.9 Å². The fourth-order valence-corrected chi connectivity index (χ4v) is 7.63. The maximum Gasteiger partial charge on any atom is 0.339 e. The molecule has 1 aromatic carbocycles. The average molecular weight is 602 g/mol. The molecule has 1 spiro atoms. The number of halogens is 1. The number of carbonyl (C=O) groups is 2. The fraction of sp³-hybridized carbons (Fsp3) is 0.471. The molecule has 2 fully saturated rings. The van der Waals surface area contributed by atoms with Gasteiger partial charge in [0.15, 0.2) is 0 Å². The topological polar surface area (TPSA) is 78.9 Å². The van der Waals surface area contributed by atoms with Crippen LogP contribution in [-0.2, 0) is 10.2 Å². The number of rotatable bonds is 4. The van der Waals surface area contributed by atoms with Gasteiger partial charge in [-0.3, -0.25) is 4.79 Å². The molecule has 226 valence electrons. The van der Waals surface area contributed by atoms with Crippen molar-refractivity contribution in [3.63, 3.8) is 0 Å². The Morgan fingerprint density at radius 2 is 1.72 bits per heavy atom. The predicted molar refractivity (Wildman–Crippen MR) is 170 cm³/mol. The van der Waals surface area contributed by atoms with Crippen molar-refractivity contribution >= 4 is 40.7 Å². The number of benzene rings is 1. The first-order valence-electron chi connectivity index (χ1n) is 15.0. The van der Waals surface area contributed by atoms with Crippen molar-refractivity contribution in [1.29, 1.82) is 0 Å². The molecule has 1 amide bonds. The van der Waals surface area contributed by atoms with Crippen molar-refractivity contribution < 1.29 is 14.3 Å². The zero-order valence-corrected chi connectivity index (χ0v) is 26.9. The van der Waals surface area contributed by atoms with E-state index in [9.17, 15) is 9.59 Å². The third-order valence-corrected chi connectivity index (χ3v) is 9.95. The molecule has 0 atom stereocenters. The van der Waals surface area contributed by atoms with Crippen LogP contribution in [0.2, 0.25) is 5.02 Å². The van der Waals surface area contributed by atoms with Gasteiger partial charge in [-0.15, -0.1) is 0 Å². The van der Waals surface area contributed by atoms with Gasteiger partial charge in [0.05, 0.1) is 35.3 Å². The number of amides is 1. The van der Waals surface area contributed by atoms with Crippen LogP contribution in [0.15, 0.2) is 36.4 Å². The summed E-state index contributed by atoms with van der Waals surface area (Å²) in [4.78, 5) is 42.7. The summed E-state index contributed by atoms with van der Waals surface area (Å²) in [5.74, 6) is 1.01. The summed E-state index contributed by atoms with van der Waals surface area (Å²) in [5.41, 5.74) is 6.26. The number of esters is 1. The molecule has 4 heterocycles. The number of carbonyl (C=O) groups excluding carboxylic acids is 2. The summed E-state index contributed by atoms with van der Waals surface area (Å²) in [6.07, 6.45) is 2.14. The van der Waals surface area contributed by atoms with Gasteiger partial charge in [-0.2, -0.15) is 0 Å². The highest BCUT2D eigenvalue weighted by atomic mass is 35.5. The van der Waals surface area contributed by atoms with E-state index < -0.39 is 5.54 Å². The van der Waals surface area contributed by atoms with Crippen LogP contribution in [0.4, 0.5) is 17.2 Å². The number of nitrogens with zero attached hydrogens (tertiary/aromatic N) is 5. The number of pyridine rings is 2. The molecule has 9 heteroatoms. The molecule has 2 aliphatic heterocycles. The van der Waals surface area contributed by atoms with Gasteiger partial charge < -0.3 is 19.4 Å². The molecule has 6 rings (SSSR count). The Morgan fingerprint density at radius 3 is 2.35 bits per heavy atom. The molecule has 3 aliphatic rings. The minimum atomic E-state index is -0.462. The third kappa shape index (κ3) is 4.93. The molecule has 0 N–H and O–H groups in total. The zero-order chi connectivity index (χ0) is 30.8. The van der Waals surface area contributed by atoms with Crippen molar-refractivity contribution in [2.75, 3.05) is 43.1 Å². The Bertz CT molecular complexity index is 1610. The standard InChI is InChI=1S/C34H40ClN5O3/c1-20-16-34(17-20)19-39(24-8-9-25(35)21(2)14-24)27-11-10-26(37-30(27)34)31(41)40-13-12-38(18-33(40,5)6)28-15-22(3)29(23(4)36-28)32(42)43-7/h8-11,14-15,20H,12-13,16-19H2,1-7H3. The van der Waals surface area contributed by atoms with E-state index in [1.165, 1.54) is 7.11 Å². The van der Waals surface area contributed by atoms with Crippen molar-refractivity contribution in [2.24, 2.45) is 5.92 Å². The van der Waals surface area contributed by atoms with E-state index in [1.807, 2.05) is 43.9 Å². The number of hydrogen-bond acceptors (Lipinski definition) is 7. The van der Waals surface area contributed by atoms with Gasteiger partial charge in [0, 0.05) is 42.3 Å². The van der Waals surface area contributed by atoms with Crippen LogP contribution in [0.3, 0.4) is 0 Å². The van der Waals surface area contributed by atoms with E-state index in [2.05, 4.69) is 48.8 Å². The minimum Gasteiger partial charge on any atom is -0.465 e. The molecule has 8 nitrogen and oxygen atoms in total. The number of fused-ring (bicyclic) bond motifs is 2. The molecule has 1 saturated carbocycles. The SMILES string of the molecule is COC(=O)c1c(C)cc(N2CCN(C(=O)c3ccc4c(n3)C3(CC(C)C3)CN4c3ccc(Cl)c(C)c3)C(C)(C)C2)nc1C. The lowest BCUT2D eigenvalue weighted by molar-refractivity contribution is 0.0505. The average Bonchev–Trinajstić information content (AvgIpc) is 3.27. The highest BCUT2D eigenvalue weighted by Crippen LogP contribution is 2.56. The lowest BCUT2D eigenvalue weighted by Gasteiger charge is -2.47. The summed E-state index contributed by atoms with van der Waals surface area (Å²) >= 11 is 6.34. The summed E-state index contributed by atoms with van der Waals surface area (Å²) in [6, 6.07) is 12.1. The fourth-order valence-electron chi connectivity index (χ4n) is 7.51. The van der Waals surface area contributed by atoms with Crippen LogP contribution in [0, 0.1) is 26.7 Å². The first-order valence-corrected chi connectivity index (χ1v) is 15.4. The van der Waals surface area contributed by atoms with Crippen molar-refractivity contribution in [2.45, 2.75) is 65.3 Å². The summed E-state index contributed by atoms with van der Waals surface area (Å²) < 4.78 is 4.94. The molecular weight excluding hydrogens is 562 g/mol. The number of aromatic nitrogens is 2. The van der Waals surface area contributed by atoms with E-state index in [4.69, 9.17) is 26.3 Å². The lowest BCUT2D eigenvalue weighted by Crippen LogP contribution is -2.61. The second-order valence-electron chi connectivity index (χ2n) is 13.3. The first kappa shape index (κ1) is 29.4. The van der Waals surface area contributed by atoms with E-state index in [-0.39, 0.29) is 17.3 Å². The van der Waals surface area contributed by atoms with Crippen molar-refractivity contribution in [3.05, 3.63) is 75.2 Å². The van der Waals surface area contributed by atoms with Gasteiger partial charge in [-0.05, 0) is 101 Å². The second-order valence-corrected chi connectivity index (χ2v) is 13.7. The van der Waals surface area contributed by atoms with E-state index in [0.717, 1.165) is 58.4 Å². The van der Waals surface area contributed by atoms with Crippen LogP contribution in [0.25, 0.3) is 0 Å².